The lowest BCUT2D eigenvalue weighted by molar-refractivity contribution is -0.140. The number of amides is 1. The number of hydrogen-bond acceptors (Lipinski definition) is 4. The van der Waals surface area contributed by atoms with Crippen LogP contribution in [0.15, 0.2) is 22.0 Å². The van der Waals surface area contributed by atoms with Gasteiger partial charge in [-0.15, -0.1) is 11.3 Å². The third-order valence-corrected chi connectivity index (χ3v) is 4.57. The molecule has 2 unspecified atom stereocenters. The number of thiophene rings is 1. The number of halogens is 1. The highest BCUT2D eigenvalue weighted by Gasteiger charge is 2.27. The van der Waals surface area contributed by atoms with Gasteiger partial charge in [-0.25, -0.2) is 0 Å². The number of carbonyl (C=O) groups is 1. The largest absolute Gasteiger partial charge is 0.394 e. The molecule has 104 valence electrons. The first-order valence-corrected chi connectivity index (χ1v) is 7.67. The van der Waals surface area contributed by atoms with E-state index in [-0.39, 0.29) is 24.7 Å². The predicted octanol–water partition coefficient (Wildman–Crippen LogP) is 2.13. The lowest BCUT2D eigenvalue weighted by Crippen LogP contribution is -2.51. The van der Waals surface area contributed by atoms with Gasteiger partial charge in [0.15, 0.2) is 0 Å². The summed E-state index contributed by atoms with van der Waals surface area (Å²) in [6, 6.07) is 3.95. The summed E-state index contributed by atoms with van der Waals surface area (Å²) in [5, 5.41) is 9.10. The summed E-state index contributed by atoms with van der Waals surface area (Å²) >= 11 is 4.96. The molecule has 1 saturated heterocycles. The number of hydrogen-bond donors (Lipinski definition) is 1. The molecule has 2 atom stereocenters. The van der Waals surface area contributed by atoms with Crippen molar-refractivity contribution in [2.75, 3.05) is 19.8 Å². The van der Waals surface area contributed by atoms with Gasteiger partial charge in [0.2, 0.25) is 5.91 Å². The van der Waals surface area contributed by atoms with Crippen molar-refractivity contribution in [1.29, 1.82) is 0 Å². The van der Waals surface area contributed by atoms with Gasteiger partial charge in [0.25, 0.3) is 0 Å². The monoisotopic (exact) mass is 345 g/mol. The second kappa shape index (κ2) is 6.65. The zero-order chi connectivity index (χ0) is 13.8. The van der Waals surface area contributed by atoms with Gasteiger partial charge >= 0.3 is 0 Å². The molecule has 0 spiro atoms. The molecule has 0 saturated carbocycles. The van der Waals surface area contributed by atoms with Crippen molar-refractivity contribution in [3.8, 4) is 0 Å². The Bertz CT molecular complexity index is 474. The molecule has 4 nitrogen and oxygen atoms in total. The Kier molecular flexibility index (Phi) is 5.15. The Balaban J connectivity index is 2.00. The highest BCUT2D eigenvalue weighted by molar-refractivity contribution is 9.11. The third-order valence-electron chi connectivity index (χ3n) is 2.98. The quantitative estimate of drug-likeness (QED) is 0.853. The predicted molar refractivity (Wildman–Crippen MR) is 79.1 cm³/mol. The molecule has 1 amide bonds. The van der Waals surface area contributed by atoms with Crippen LogP contribution in [0.3, 0.4) is 0 Å². The lowest BCUT2D eigenvalue weighted by Gasteiger charge is -2.36. The molecule has 1 aliphatic rings. The van der Waals surface area contributed by atoms with Crippen LogP contribution in [0.5, 0.6) is 0 Å². The smallest absolute Gasteiger partial charge is 0.247 e. The van der Waals surface area contributed by atoms with Crippen molar-refractivity contribution in [2.45, 2.75) is 19.1 Å². The molecular weight excluding hydrogens is 330 g/mol. The number of carbonyl (C=O) groups excluding carboxylic acids is 1. The lowest BCUT2D eigenvalue weighted by atomic mass is 10.2. The van der Waals surface area contributed by atoms with E-state index in [0.717, 1.165) is 8.66 Å². The summed E-state index contributed by atoms with van der Waals surface area (Å²) in [6.07, 6.45) is 3.12. The molecule has 0 radical (unpaired) electrons. The third kappa shape index (κ3) is 3.89. The Morgan fingerprint density at radius 3 is 3.11 bits per heavy atom. The maximum Gasteiger partial charge on any atom is 0.247 e. The maximum absolute atomic E-state index is 12.1. The first kappa shape index (κ1) is 14.7. The van der Waals surface area contributed by atoms with Crippen LogP contribution < -0.4 is 0 Å². The number of ether oxygens (including phenoxy) is 1. The molecule has 1 N–H and O–H groups in total. The highest BCUT2D eigenvalue weighted by atomic mass is 79.9. The Hall–Kier alpha value is -0.690. The molecule has 19 heavy (non-hydrogen) atoms. The first-order valence-electron chi connectivity index (χ1n) is 6.06. The number of nitrogens with zero attached hydrogens (tertiary/aromatic N) is 1. The van der Waals surface area contributed by atoms with Gasteiger partial charge in [-0.2, -0.15) is 0 Å². The second-order valence-electron chi connectivity index (χ2n) is 4.45. The van der Waals surface area contributed by atoms with Crippen LogP contribution in [0, 0.1) is 0 Å². The van der Waals surface area contributed by atoms with E-state index < -0.39 is 0 Å². The van der Waals surface area contributed by atoms with Gasteiger partial charge in [-0.05, 0) is 41.1 Å². The van der Waals surface area contributed by atoms with Gasteiger partial charge in [0.1, 0.15) is 0 Å². The molecule has 2 heterocycles. The van der Waals surface area contributed by atoms with Crippen LogP contribution in [0.25, 0.3) is 6.08 Å². The topological polar surface area (TPSA) is 49.8 Å². The molecule has 0 aromatic carbocycles. The van der Waals surface area contributed by atoms with E-state index in [1.165, 1.54) is 0 Å². The summed E-state index contributed by atoms with van der Waals surface area (Å²) in [6.45, 7) is 2.80. The fourth-order valence-corrected chi connectivity index (χ4v) is 3.23. The van der Waals surface area contributed by atoms with E-state index in [1.807, 2.05) is 25.1 Å². The number of rotatable bonds is 3. The fraction of sp³-hybridized carbons (Fsp3) is 0.462. The molecule has 0 aliphatic carbocycles. The maximum atomic E-state index is 12.1. The average molecular weight is 346 g/mol. The molecule has 1 aromatic heterocycles. The first-order chi connectivity index (χ1) is 9.10. The fourth-order valence-electron chi connectivity index (χ4n) is 1.90. The van der Waals surface area contributed by atoms with E-state index >= 15 is 0 Å². The van der Waals surface area contributed by atoms with Gasteiger partial charge in [0.05, 0.1) is 29.1 Å². The van der Waals surface area contributed by atoms with Crippen LogP contribution in [-0.2, 0) is 9.53 Å². The number of aliphatic hydroxyl groups excluding tert-OH is 1. The zero-order valence-corrected chi connectivity index (χ0v) is 13.0. The Morgan fingerprint density at radius 2 is 2.47 bits per heavy atom. The van der Waals surface area contributed by atoms with Gasteiger partial charge in [-0.3, -0.25) is 4.79 Å². The summed E-state index contributed by atoms with van der Waals surface area (Å²) in [5.74, 6) is -0.0428. The van der Waals surface area contributed by atoms with Crippen LogP contribution in [-0.4, -0.2) is 47.8 Å². The molecule has 2 rings (SSSR count). The average Bonchev–Trinajstić information content (AvgIpc) is 2.82. The minimum atomic E-state index is -0.274. The van der Waals surface area contributed by atoms with E-state index in [2.05, 4.69) is 15.9 Å². The van der Waals surface area contributed by atoms with Crippen molar-refractivity contribution in [3.63, 3.8) is 0 Å². The molecular formula is C13H16BrNO3S. The SMILES string of the molecule is CC1COC(CO)CN1C(=O)/C=C/c1ccc(Br)s1. The molecule has 6 heteroatoms. The summed E-state index contributed by atoms with van der Waals surface area (Å²) in [5.41, 5.74) is 0. The summed E-state index contributed by atoms with van der Waals surface area (Å²) < 4.78 is 6.46. The van der Waals surface area contributed by atoms with Crippen LogP contribution in [0.4, 0.5) is 0 Å². The Morgan fingerprint density at radius 1 is 1.68 bits per heavy atom. The normalized spacial score (nSPS) is 24.1. The highest BCUT2D eigenvalue weighted by Crippen LogP contribution is 2.23. The summed E-state index contributed by atoms with van der Waals surface area (Å²) in [7, 11) is 0. The minimum absolute atomic E-state index is 0.0371. The van der Waals surface area contributed by atoms with Crippen LogP contribution >= 0.6 is 27.3 Å². The van der Waals surface area contributed by atoms with Crippen LogP contribution in [0.2, 0.25) is 0 Å². The minimum Gasteiger partial charge on any atom is -0.394 e. The number of aliphatic hydroxyl groups is 1. The molecule has 0 bridgehead atoms. The van der Waals surface area contributed by atoms with Crippen molar-refractivity contribution in [2.24, 2.45) is 0 Å². The van der Waals surface area contributed by atoms with Crippen molar-refractivity contribution in [1.82, 2.24) is 4.90 Å². The van der Waals surface area contributed by atoms with E-state index in [0.29, 0.717) is 13.2 Å². The van der Waals surface area contributed by atoms with Crippen LogP contribution in [0.1, 0.15) is 11.8 Å². The van der Waals surface area contributed by atoms with Gasteiger partial charge in [-0.1, -0.05) is 0 Å². The van der Waals surface area contributed by atoms with Crippen molar-refractivity contribution >= 4 is 39.2 Å². The zero-order valence-electron chi connectivity index (χ0n) is 10.6. The Labute approximate surface area is 124 Å². The van der Waals surface area contributed by atoms with E-state index in [1.54, 1.807) is 22.3 Å². The summed E-state index contributed by atoms with van der Waals surface area (Å²) in [4.78, 5) is 14.9. The standard InChI is InChI=1S/C13H16BrNO3S/c1-9-8-18-10(7-16)6-15(9)13(17)5-3-11-2-4-12(14)19-11/h2-5,9-10,16H,6-8H2,1H3/b5-3+. The number of morpholine rings is 1. The van der Waals surface area contributed by atoms with E-state index in [4.69, 9.17) is 9.84 Å². The van der Waals surface area contributed by atoms with Crippen molar-refractivity contribution < 1.29 is 14.6 Å². The molecule has 1 aromatic rings. The molecule has 1 fully saturated rings. The molecule has 1 aliphatic heterocycles. The second-order valence-corrected chi connectivity index (χ2v) is 6.95. The van der Waals surface area contributed by atoms with Gasteiger partial charge in [0, 0.05) is 17.5 Å². The van der Waals surface area contributed by atoms with Gasteiger partial charge < -0.3 is 14.7 Å². The van der Waals surface area contributed by atoms with Crippen molar-refractivity contribution in [3.05, 3.63) is 26.9 Å². The van der Waals surface area contributed by atoms with E-state index in [9.17, 15) is 4.79 Å².